The average Bonchev–Trinajstić information content (AvgIpc) is 2.66. The van der Waals surface area contributed by atoms with E-state index in [1.807, 2.05) is 18.5 Å². The standard InChI is InChI=1S/C10H8Cl2N2S.ClH/c1-13-10-14-9(5-15-10)7-3-2-6(11)4-8(7)12;/h2-5H,1H3,(H,13,14);1H. The van der Waals surface area contributed by atoms with Crippen molar-refractivity contribution < 1.29 is 0 Å². The number of hydrogen-bond acceptors (Lipinski definition) is 3. The van der Waals surface area contributed by atoms with Crippen LogP contribution in [0.25, 0.3) is 11.3 Å². The van der Waals surface area contributed by atoms with Gasteiger partial charge in [-0.25, -0.2) is 4.98 Å². The highest BCUT2D eigenvalue weighted by molar-refractivity contribution is 7.14. The van der Waals surface area contributed by atoms with E-state index >= 15 is 0 Å². The van der Waals surface area contributed by atoms with Gasteiger partial charge in [0, 0.05) is 23.0 Å². The van der Waals surface area contributed by atoms with Crippen LogP contribution in [0, 0.1) is 0 Å². The second-order valence-electron chi connectivity index (χ2n) is 2.91. The van der Waals surface area contributed by atoms with Crippen molar-refractivity contribution in [1.82, 2.24) is 4.98 Å². The second-order valence-corrected chi connectivity index (χ2v) is 4.61. The smallest absolute Gasteiger partial charge is 0.182 e. The van der Waals surface area contributed by atoms with Gasteiger partial charge in [0.1, 0.15) is 0 Å². The number of aromatic nitrogens is 1. The van der Waals surface area contributed by atoms with Crippen molar-refractivity contribution in [2.45, 2.75) is 0 Å². The summed E-state index contributed by atoms with van der Waals surface area (Å²) in [4.78, 5) is 4.37. The average molecular weight is 296 g/mol. The summed E-state index contributed by atoms with van der Waals surface area (Å²) in [5.41, 5.74) is 1.77. The van der Waals surface area contributed by atoms with Gasteiger partial charge in [0.05, 0.1) is 10.7 Å². The second kappa shape index (κ2) is 5.73. The summed E-state index contributed by atoms with van der Waals surface area (Å²) in [7, 11) is 1.84. The molecule has 0 aliphatic carbocycles. The molecule has 0 unspecified atom stereocenters. The molecular weight excluding hydrogens is 287 g/mol. The van der Waals surface area contributed by atoms with Crippen molar-refractivity contribution in [3.8, 4) is 11.3 Å². The first-order chi connectivity index (χ1) is 7.20. The van der Waals surface area contributed by atoms with Crippen LogP contribution in [-0.4, -0.2) is 12.0 Å². The van der Waals surface area contributed by atoms with Gasteiger partial charge in [0.25, 0.3) is 0 Å². The van der Waals surface area contributed by atoms with Gasteiger partial charge in [-0.05, 0) is 18.2 Å². The summed E-state index contributed by atoms with van der Waals surface area (Å²) in [6.07, 6.45) is 0. The summed E-state index contributed by atoms with van der Waals surface area (Å²) in [5, 5.41) is 7.07. The van der Waals surface area contributed by atoms with Crippen molar-refractivity contribution in [3.63, 3.8) is 0 Å². The van der Waals surface area contributed by atoms with Gasteiger partial charge in [-0.15, -0.1) is 23.7 Å². The highest BCUT2D eigenvalue weighted by Crippen LogP contribution is 2.32. The Bertz CT molecular complexity index is 485. The van der Waals surface area contributed by atoms with Crippen molar-refractivity contribution >= 4 is 52.1 Å². The molecule has 0 saturated carbocycles. The molecule has 1 aromatic carbocycles. The Morgan fingerprint density at radius 3 is 2.62 bits per heavy atom. The zero-order valence-electron chi connectivity index (χ0n) is 8.33. The number of nitrogens with zero attached hydrogens (tertiary/aromatic N) is 1. The molecule has 2 aromatic rings. The number of thiazole rings is 1. The molecule has 0 spiro atoms. The molecule has 2 rings (SSSR count). The molecule has 1 heterocycles. The zero-order valence-corrected chi connectivity index (χ0v) is 11.5. The predicted molar refractivity (Wildman–Crippen MR) is 74.4 cm³/mol. The maximum Gasteiger partial charge on any atom is 0.182 e. The van der Waals surface area contributed by atoms with Crippen LogP contribution in [0.15, 0.2) is 23.6 Å². The van der Waals surface area contributed by atoms with Crippen LogP contribution in [0.4, 0.5) is 5.13 Å². The fourth-order valence-electron chi connectivity index (χ4n) is 1.21. The predicted octanol–water partition coefficient (Wildman–Crippen LogP) is 4.58. The molecule has 86 valence electrons. The molecule has 0 atom stereocenters. The van der Waals surface area contributed by atoms with Crippen LogP contribution in [-0.2, 0) is 0 Å². The molecule has 1 aromatic heterocycles. The third-order valence-electron chi connectivity index (χ3n) is 1.93. The number of rotatable bonds is 2. The highest BCUT2D eigenvalue weighted by atomic mass is 35.5. The molecule has 2 nitrogen and oxygen atoms in total. The van der Waals surface area contributed by atoms with Gasteiger partial charge in [-0.3, -0.25) is 0 Å². The minimum atomic E-state index is 0. The molecule has 0 saturated heterocycles. The van der Waals surface area contributed by atoms with Crippen molar-refractivity contribution in [2.24, 2.45) is 0 Å². The van der Waals surface area contributed by atoms with E-state index in [1.165, 1.54) is 0 Å². The number of benzene rings is 1. The number of anilines is 1. The Morgan fingerprint density at radius 1 is 1.31 bits per heavy atom. The van der Waals surface area contributed by atoms with Gasteiger partial charge in [-0.2, -0.15) is 0 Å². The molecule has 16 heavy (non-hydrogen) atoms. The third kappa shape index (κ3) is 2.80. The minimum Gasteiger partial charge on any atom is -0.365 e. The summed E-state index contributed by atoms with van der Waals surface area (Å²) >= 11 is 13.4. The third-order valence-corrected chi connectivity index (χ3v) is 3.33. The lowest BCUT2D eigenvalue weighted by Gasteiger charge is -2.00. The number of nitrogens with one attached hydrogen (secondary N) is 1. The van der Waals surface area contributed by atoms with E-state index < -0.39 is 0 Å². The fraction of sp³-hybridized carbons (Fsp3) is 0.100. The fourth-order valence-corrected chi connectivity index (χ4v) is 2.39. The van der Waals surface area contributed by atoms with Gasteiger partial charge in [-0.1, -0.05) is 23.2 Å². The first-order valence-electron chi connectivity index (χ1n) is 4.29. The SMILES string of the molecule is CNc1nc(-c2ccc(Cl)cc2Cl)cs1.Cl. The van der Waals surface area contributed by atoms with Gasteiger partial charge in [0.15, 0.2) is 5.13 Å². The largest absolute Gasteiger partial charge is 0.365 e. The topological polar surface area (TPSA) is 24.9 Å². The molecule has 0 bridgehead atoms. The van der Waals surface area contributed by atoms with Crippen molar-refractivity contribution in [3.05, 3.63) is 33.6 Å². The minimum absolute atomic E-state index is 0. The molecule has 1 N–H and O–H groups in total. The number of halogens is 3. The van der Waals surface area contributed by atoms with E-state index in [4.69, 9.17) is 23.2 Å². The van der Waals surface area contributed by atoms with Crippen LogP contribution in [0.1, 0.15) is 0 Å². The molecule has 0 aliphatic heterocycles. The van der Waals surface area contributed by atoms with Crippen LogP contribution in [0.5, 0.6) is 0 Å². The Kier molecular flexibility index (Phi) is 4.87. The molecule has 0 fully saturated rings. The first kappa shape index (κ1) is 13.6. The zero-order chi connectivity index (χ0) is 10.8. The monoisotopic (exact) mass is 294 g/mol. The Hall–Kier alpha value is -0.480. The van der Waals surface area contributed by atoms with Crippen LogP contribution in [0.2, 0.25) is 10.0 Å². The van der Waals surface area contributed by atoms with E-state index in [0.29, 0.717) is 10.0 Å². The quantitative estimate of drug-likeness (QED) is 0.877. The lowest BCUT2D eigenvalue weighted by Crippen LogP contribution is -1.86. The van der Waals surface area contributed by atoms with Crippen LogP contribution < -0.4 is 5.32 Å². The Morgan fingerprint density at radius 2 is 2.06 bits per heavy atom. The summed E-state index contributed by atoms with van der Waals surface area (Å²) in [6.45, 7) is 0. The first-order valence-corrected chi connectivity index (χ1v) is 5.93. The van der Waals surface area contributed by atoms with Crippen LogP contribution in [0.3, 0.4) is 0 Å². The van der Waals surface area contributed by atoms with E-state index in [1.54, 1.807) is 23.5 Å². The van der Waals surface area contributed by atoms with Crippen molar-refractivity contribution in [1.29, 1.82) is 0 Å². The molecule has 0 amide bonds. The summed E-state index contributed by atoms with van der Waals surface area (Å²) < 4.78 is 0. The highest BCUT2D eigenvalue weighted by Gasteiger charge is 2.07. The van der Waals surface area contributed by atoms with Crippen molar-refractivity contribution in [2.75, 3.05) is 12.4 Å². The molecule has 0 aliphatic rings. The Balaban J connectivity index is 0.00000128. The van der Waals surface area contributed by atoms with Gasteiger partial charge >= 0.3 is 0 Å². The normalized spacial score (nSPS) is 9.69. The van der Waals surface area contributed by atoms with E-state index in [2.05, 4.69) is 10.3 Å². The lowest BCUT2D eigenvalue weighted by molar-refractivity contribution is 1.36. The Labute approximate surface area is 114 Å². The number of hydrogen-bond donors (Lipinski definition) is 1. The molecule has 6 heteroatoms. The van der Waals surface area contributed by atoms with E-state index in [9.17, 15) is 0 Å². The van der Waals surface area contributed by atoms with E-state index in [-0.39, 0.29) is 12.4 Å². The summed E-state index contributed by atoms with van der Waals surface area (Å²) in [5.74, 6) is 0. The lowest BCUT2D eigenvalue weighted by atomic mass is 10.2. The summed E-state index contributed by atoms with van der Waals surface area (Å²) in [6, 6.07) is 5.40. The van der Waals surface area contributed by atoms with Crippen LogP contribution >= 0.6 is 46.9 Å². The molecule has 0 radical (unpaired) electrons. The van der Waals surface area contributed by atoms with Gasteiger partial charge in [0.2, 0.25) is 0 Å². The van der Waals surface area contributed by atoms with E-state index in [0.717, 1.165) is 16.4 Å². The maximum absolute atomic E-state index is 6.08. The van der Waals surface area contributed by atoms with Gasteiger partial charge < -0.3 is 5.32 Å². The maximum atomic E-state index is 6.08. The molecular formula is C10H9Cl3N2S.